The molecule has 8 nitrogen and oxygen atoms in total. The van der Waals surface area contributed by atoms with Crippen LogP contribution in [-0.4, -0.2) is 45.2 Å². The third-order valence-electron chi connectivity index (χ3n) is 4.95. The second-order valence-corrected chi connectivity index (χ2v) is 9.06. The number of thioether (sulfide) groups is 1. The van der Waals surface area contributed by atoms with Crippen LogP contribution in [0.4, 0.5) is 11.4 Å². The second kappa shape index (κ2) is 7.12. The smallest absolute Gasteiger partial charge is 0.341 e. The number of aromatic carboxylic acids is 1. The molecule has 0 spiro atoms. The molecule has 0 aliphatic carbocycles. The Morgan fingerprint density at radius 1 is 1.29 bits per heavy atom. The zero-order chi connectivity index (χ0) is 20.8. The average Bonchev–Trinajstić information content (AvgIpc) is 2.61. The molecule has 0 unspecified atom stereocenters. The average molecular weight is 405 g/mol. The third kappa shape index (κ3) is 3.34. The van der Waals surface area contributed by atoms with Crippen LogP contribution >= 0.6 is 11.8 Å². The monoisotopic (exact) mass is 405 g/mol. The van der Waals surface area contributed by atoms with Gasteiger partial charge in [0.25, 0.3) is 5.69 Å². The minimum Gasteiger partial charge on any atom is -0.477 e. The van der Waals surface area contributed by atoms with E-state index in [1.165, 1.54) is 12.3 Å². The molecule has 0 saturated carbocycles. The number of nitro benzene ring substituents is 1. The Bertz CT molecular complexity index is 1030. The summed E-state index contributed by atoms with van der Waals surface area (Å²) in [4.78, 5) is 37.8. The molecule has 2 heterocycles. The van der Waals surface area contributed by atoms with E-state index in [0.29, 0.717) is 29.9 Å². The summed E-state index contributed by atoms with van der Waals surface area (Å²) in [7, 11) is 0. The molecule has 1 saturated heterocycles. The number of carboxylic acid groups (broad SMARTS) is 1. The molecule has 2 aromatic rings. The van der Waals surface area contributed by atoms with Crippen molar-refractivity contribution in [1.29, 1.82) is 0 Å². The highest BCUT2D eigenvalue weighted by Crippen LogP contribution is 2.39. The Morgan fingerprint density at radius 2 is 1.89 bits per heavy atom. The summed E-state index contributed by atoms with van der Waals surface area (Å²) in [5.41, 5.74) is -0.0867. The maximum atomic E-state index is 12.8. The van der Waals surface area contributed by atoms with Crippen LogP contribution in [-0.2, 0) is 5.54 Å². The molecule has 28 heavy (non-hydrogen) atoms. The molecule has 1 aromatic carbocycles. The Labute approximate surface area is 166 Å². The van der Waals surface area contributed by atoms with E-state index in [1.807, 2.05) is 25.7 Å². The summed E-state index contributed by atoms with van der Waals surface area (Å²) in [6.07, 6.45) is 1.35. The zero-order valence-corrected chi connectivity index (χ0v) is 17.1. The molecule has 1 fully saturated rings. The fourth-order valence-corrected chi connectivity index (χ4v) is 4.57. The Balaban J connectivity index is 2.50. The van der Waals surface area contributed by atoms with Crippen molar-refractivity contribution in [2.75, 3.05) is 29.5 Å². The van der Waals surface area contributed by atoms with E-state index in [0.717, 1.165) is 11.5 Å². The first-order valence-electron chi connectivity index (χ1n) is 8.98. The molecule has 1 aliphatic rings. The standard InChI is InChI=1S/C19H23N3O5S/c1-11-15-12(17(23)13(18(24)25)10-21(15)19(2,3)4)9-14(22(26)27)16(11)20-5-7-28-8-6-20/h9-10H,5-8H2,1-4H3,(H,24,25). The molecular formula is C19H23N3O5S. The zero-order valence-electron chi connectivity index (χ0n) is 16.3. The summed E-state index contributed by atoms with van der Waals surface area (Å²) in [6, 6.07) is 1.25. The van der Waals surface area contributed by atoms with Crippen molar-refractivity contribution in [3.8, 4) is 0 Å². The number of nitro groups is 1. The number of benzene rings is 1. The maximum Gasteiger partial charge on any atom is 0.341 e. The van der Waals surface area contributed by atoms with Gasteiger partial charge in [-0.25, -0.2) is 4.79 Å². The first kappa shape index (κ1) is 20.2. The van der Waals surface area contributed by atoms with Gasteiger partial charge in [-0.2, -0.15) is 11.8 Å². The molecule has 3 rings (SSSR count). The molecule has 0 bridgehead atoms. The second-order valence-electron chi connectivity index (χ2n) is 7.84. The van der Waals surface area contributed by atoms with Crippen LogP contribution in [0.25, 0.3) is 10.9 Å². The number of nitrogens with zero attached hydrogens (tertiary/aromatic N) is 3. The van der Waals surface area contributed by atoms with Gasteiger partial charge in [-0.05, 0) is 27.7 Å². The number of aryl methyl sites for hydroxylation is 1. The van der Waals surface area contributed by atoms with Gasteiger partial charge >= 0.3 is 5.97 Å². The molecule has 150 valence electrons. The number of anilines is 1. The van der Waals surface area contributed by atoms with E-state index in [2.05, 4.69) is 0 Å². The van der Waals surface area contributed by atoms with Gasteiger partial charge < -0.3 is 14.6 Å². The fourth-order valence-electron chi connectivity index (χ4n) is 3.67. The number of aromatic nitrogens is 1. The van der Waals surface area contributed by atoms with Crippen molar-refractivity contribution >= 4 is 40.0 Å². The minimum absolute atomic E-state index is 0.0640. The van der Waals surface area contributed by atoms with Crippen molar-refractivity contribution in [3.05, 3.63) is 43.7 Å². The topological polar surface area (TPSA) is 106 Å². The molecule has 1 N–H and O–H groups in total. The van der Waals surface area contributed by atoms with Gasteiger partial charge in [-0.15, -0.1) is 0 Å². The van der Waals surface area contributed by atoms with Crippen LogP contribution < -0.4 is 10.3 Å². The molecular weight excluding hydrogens is 382 g/mol. The SMILES string of the molecule is Cc1c(N2CCSCC2)c([N+](=O)[O-])cc2c(=O)c(C(=O)O)cn(C(C)(C)C)c12. The van der Waals surface area contributed by atoms with E-state index in [1.54, 1.807) is 23.3 Å². The Morgan fingerprint density at radius 3 is 2.39 bits per heavy atom. The lowest BCUT2D eigenvalue weighted by Crippen LogP contribution is -2.34. The van der Waals surface area contributed by atoms with E-state index in [4.69, 9.17) is 0 Å². The van der Waals surface area contributed by atoms with Gasteiger partial charge in [0.15, 0.2) is 0 Å². The highest BCUT2D eigenvalue weighted by Gasteiger charge is 2.30. The normalized spacial score (nSPS) is 15.1. The summed E-state index contributed by atoms with van der Waals surface area (Å²) in [5, 5.41) is 21.3. The van der Waals surface area contributed by atoms with Gasteiger partial charge in [-0.1, -0.05) is 0 Å². The van der Waals surface area contributed by atoms with Gasteiger partial charge in [0.1, 0.15) is 11.3 Å². The third-order valence-corrected chi connectivity index (χ3v) is 5.90. The Kier molecular flexibility index (Phi) is 5.14. The summed E-state index contributed by atoms with van der Waals surface area (Å²) in [6.45, 7) is 8.85. The van der Waals surface area contributed by atoms with Crippen LogP contribution in [0.5, 0.6) is 0 Å². The van der Waals surface area contributed by atoms with E-state index in [-0.39, 0.29) is 11.1 Å². The fraction of sp³-hybridized carbons (Fsp3) is 0.474. The number of carboxylic acids is 1. The largest absolute Gasteiger partial charge is 0.477 e. The van der Waals surface area contributed by atoms with Crippen molar-refractivity contribution in [2.24, 2.45) is 0 Å². The van der Waals surface area contributed by atoms with E-state index in [9.17, 15) is 24.8 Å². The van der Waals surface area contributed by atoms with Crippen molar-refractivity contribution in [1.82, 2.24) is 4.57 Å². The summed E-state index contributed by atoms with van der Waals surface area (Å²) < 4.78 is 1.74. The number of hydrogen-bond donors (Lipinski definition) is 1. The molecule has 1 aromatic heterocycles. The highest BCUT2D eigenvalue weighted by molar-refractivity contribution is 7.99. The minimum atomic E-state index is -1.35. The van der Waals surface area contributed by atoms with Crippen molar-refractivity contribution in [2.45, 2.75) is 33.2 Å². The highest BCUT2D eigenvalue weighted by atomic mass is 32.2. The number of rotatable bonds is 3. The van der Waals surface area contributed by atoms with Gasteiger partial charge in [0, 0.05) is 48.0 Å². The van der Waals surface area contributed by atoms with Crippen molar-refractivity contribution < 1.29 is 14.8 Å². The van der Waals surface area contributed by atoms with Crippen molar-refractivity contribution in [3.63, 3.8) is 0 Å². The van der Waals surface area contributed by atoms with E-state index >= 15 is 0 Å². The molecule has 9 heteroatoms. The van der Waals surface area contributed by atoms with Crippen LogP contribution in [0, 0.1) is 17.0 Å². The lowest BCUT2D eigenvalue weighted by Gasteiger charge is -2.32. The number of hydrogen-bond acceptors (Lipinski definition) is 6. The number of carbonyl (C=O) groups is 1. The quantitative estimate of drug-likeness (QED) is 0.617. The van der Waals surface area contributed by atoms with Gasteiger partial charge in [0.05, 0.1) is 15.8 Å². The first-order chi connectivity index (χ1) is 13.0. The Hall–Kier alpha value is -2.55. The van der Waals surface area contributed by atoms with Crippen LogP contribution in [0.1, 0.15) is 36.7 Å². The number of pyridine rings is 1. The van der Waals surface area contributed by atoms with E-state index < -0.39 is 27.4 Å². The van der Waals surface area contributed by atoms with Crippen LogP contribution in [0.3, 0.4) is 0 Å². The lowest BCUT2D eigenvalue weighted by molar-refractivity contribution is -0.384. The number of fused-ring (bicyclic) bond motifs is 1. The van der Waals surface area contributed by atoms with Crippen LogP contribution in [0.2, 0.25) is 0 Å². The van der Waals surface area contributed by atoms with Gasteiger partial charge in [-0.3, -0.25) is 14.9 Å². The lowest BCUT2D eigenvalue weighted by atomic mass is 9.99. The first-order valence-corrected chi connectivity index (χ1v) is 10.1. The van der Waals surface area contributed by atoms with Gasteiger partial charge in [0.2, 0.25) is 5.43 Å². The predicted octanol–water partition coefficient (Wildman–Crippen LogP) is 3.22. The predicted molar refractivity (Wildman–Crippen MR) is 111 cm³/mol. The van der Waals surface area contributed by atoms with Crippen LogP contribution in [0.15, 0.2) is 17.1 Å². The molecule has 0 atom stereocenters. The molecule has 0 radical (unpaired) electrons. The maximum absolute atomic E-state index is 12.8. The molecule has 1 aliphatic heterocycles. The molecule has 0 amide bonds. The summed E-state index contributed by atoms with van der Waals surface area (Å²) in [5.74, 6) is 0.402. The summed E-state index contributed by atoms with van der Waals surface area (Å²) >= 11 is 1.80.